The van der Waals surface area contributed by atoms with Crippen molar-refractivity contribution in [3.8, 4) is 11.1 Å². The molecule has 0 aromatic heterocycles. The molecule has 25 heavy (non-hydrogen) atoms. The van der Waals surface area contributed by atoms with Crippen LogP contribution < -0.4 is 0 Å². The average molecular weight is 387 g/mol. The van der Waals surface area contributed by atoms with Crippen LogP contribution in [-0.2, 0) is 12.8 Å². The highest BCUT2D eigenvalue weighted by molar-refractivity contribution is 9.10. The van der Waals surface area contributed by atoms with Gasteiger partial charge in [-0.3, -0.25) is 0 Å². The van der Waals surface area contributed by atoms with Gasteiger partial charge >= 0.3 is 0 Å². The van der Waals surface area contributed by atoms with Gasteiger partial charge in [-0.1, -0.05) is 101 Å². The largest absolute Gasteiger partial charge is 0.0622 e. The summed E-state index contributed by atoms with van der Waals surface area (Å²) >= 11 is 3.84. The lowest BCUT2D eigenvalue weighted by atomic mass is 9.92. The molecule has 0 atom stereocenters. The lowest BCUT2D eigenvalue weighted by molar-refractivity contribution is 0.964. The van der Waals surface area contributed by atoms with Crippen LogP contribution in [-0.4, -0.2) is 0 Å². The topological polar surface area (TPSA) is 0 Å². The van der Waals surface area contributed by atoms with Crippen LogP contribution in [0.5, 0.6) is 0 Å². The Hall–Kier alpha value is -2.38. The third-order valence-corrected chi connectivity index (χ3v) is 5.40. The summed E-state index contributed by atoms with van der Waals surface area (Å²) in [6.45, 7) is 0. The fourth-order valence-corrected chi connectivity index (χ4v) is 4.07. The Morgan fingerprint density at radius 2 is 1.20 bits per heavy atom. The van der Waals surface area contributed by atoms with Crippen LogP contribution in [0.3, 0.4) is 0 Å². The highest BCUT2D eigenvalue weighted by Gasteiger charge is 2.11. The van der Waals surface area contributed by atoms with Gasteiger partial charge in [-0.05, 0) is 51.9 Å². The zero-order valence-corrected chi connectivity index (χ0v) is 15.5. The molecule has 4 rings (SSSR count). The van der Waals surface area contributed by atoms with Gasteiger partial charge in [-0.15, -0.1) is 0 Å². The molecule has 0 bridgehead atoms. The van der Waals surface area contributed by atoms with Gasteiger partial charge in [0.2, 0.25) is 0 Å². The first kappa shape index (κ1) is 16.1. The molecule has 0 heterocycles. The monoisotopic (exact) mass is 386 g/mol. The Balaban J connectivity index is 1.80. The molecular weight excluding hydrogens is 368 g/mol. The molecule has 0 nitrogen and oxygen atoms in total. The van der Waals surface area contributed by atoms with Crippen molar-refractivity contribution >= 4 is 26.7 Å². The number of hydrogen-bond donors (Lipinski definition) is 0. The Kier molecular flexibility index (Phi) is 4.67. The van der Waals surface area contributed by atoms with Crippen molar-refractivity contribution in [3.05, 3.63) is 107 Å². The van der Waals surface area contributed by atoms with Crippen LogP contribution in [0.1, 0.15) is 11.1 Å². The first-order valence-corrected chi connectivity index (χ1v) is 9.42. The molecule has 0 saturated carbocycles. The molecule has 0 N–H and O–H groups in total. The van der Waals surface area contributed by atoms with Crippen LogP contribution in [0, 0.1) is 0 Å². The lowest BCUT2D eigenvalue weighted by Crippen LogP contribution is -1.95. The normalized spacial score (nSPS) is 10.9. The van der Waals surface area contributed by atoms with E-state index in [1.807, 2.05) is 0 Å². The number of hydrogen-bond acceptors (Lipinski definition) is 0. The minimum atomic E-state index is 1.03. The van der Waals surface area contributed by atoms with E-state index in [1.165, 1.54) is 37.5 Å². The summed E-state index contributed by atoms with van der Waals surface area (Å²) in [5.41, 5.74) is 5.31. The molecule has 1 heteroatoms. The number of rotatable bonds is 4. The smallest absolute Gasteiger partial charge is 0.0219 e. The van der Waals surface area contributed by atoms with E-state index in [4.69, 9.17) is 0 Å². The quantitative estimate of drug-likeness (QED) is 0.352. The van der Waals surface area contributed by atoms with Gasteiger partial charge < -0.3 is 0 Å². The van der Waals surface area contributed by atoms with Crippen molar-refractivity contribution in [1.29, 1.82) is 0 Å². The molecule has 0 unspecified atom stereocenters. The van der Waals surface area contributed by atoms with Gasteiger partial charge in [0.15, 0.2) is 0 Å². The van der Waals surface area contributed by atoms with E-state index < -0.39 is 0 Å². The summed E-state index contributed by atoms with van der Waals surface area (Å²) in [5.74, 6) is 0. The molecule has 0 saturated heterocycles. The molecule has 4 aromatic carbocycles. The van der Waals surface area contributed by atoms with Crippen LogP contribution in [0.15, 0.2) is 95.5 Å². The predicted octanol–water partition coefficient (Wildman–Crippen LogP) is 7.05. The minimum Gasteiger partial charge on any atom is -0.0622 e. The maximum atomic E-state index is 3.84. The van der Waals surface area contributed by atoms with Gasteiger partial charge in [0.25, 0.3) is 0 Å². The van der Waals surface area contributed by atoms with Crippen molar-refractivity contribution in [2.75, 3.05) is 0 Å². The Morgan fingerprint density at radius 1 is 0.600 bits per heavy atom. The molecule has 0 fully saturated rings. The van der Waals surface area contributed by atoms with Gasteiger partial charge in [0.05, 0.1) is 0 Å². The van der Waals surface area contributed by atoms with Crippen molar-refractivity contribution in [2.45, 2.75) is 12.8 Å². The van der Waals surface area contributed by atoms with E-state index in [0.29, 0.717) is 0 Å². The second-order valence-electron chi connectivity index (χ2n) is 6.28. The molecule has 0 aliphatic rings. The Morgan fingerprint density at radius 3 is 1.92 bits per heavy atom. The van der Waals surface area contributed by atoms with E-state index >= 15 is 0 Å². The third-order valence-electron chi connectivity index (χ3n) is 4.69. The van der Waals surface area contributed by atoms with Crippen molar-refractivity contribution in [1.82, 2.24) is 0 Å². The number of aryl methyl sites for hydroxylation is 2. The second-order valence-corrected chi connectivity index (χ2v) is 7.14. The molecule has 0 spiro atoms. The number of fused-ring (bicyclic) bond motifs is 1. The van der Waals surface area contributed by atoms with E-state index in [9.17, 15) is 0 Å². The van der Waals surface area contributed by atoms with Crippen LogP contribution in [0.25, 0.3) is 21.9 Å². The van der Waals surface area contributed by atoms with E-state index in [0.717, 1.165) is 12.8 Å². The summed E-state index contributed by atoms with van der Waals surface area (Å²) in [7, 11) is 0. The number of halogens is 1. The van der Waals surface area contributed by atoms with Gasteiger partial charge in [0, 0.05) is 4.47 Å². The summed E-state index contributed by atoms with van der Waals surface area (Å²) in [5, 5.41) is 2.66. The molecule has 0 aliphatic heterocycles. The SMILES string of the molecule is Brc1cc(-c2ccccc2)c2ccccc2c1CCc1ccccc1. The zero-order chi connectivity index (χ0) is 17.1. The second kappa shape index (κ2) is 7.25. The molecule has 122 valence electrons. The van der Waals surface area contributed by atoms with Crippen LogP contribution in [0.2, 0.25) is 0 Å². The van der Waals surface area contributed by atoms with Crippen molar-refractivity contribution < 1.29 is 0 Å². The predicted molar refractivity (Wildman–Crippen MR) is 111 cm³/mol. The Labute approximate surface area is 157 Å². The van der Waals surface area contributed by atoms with Crippen LogP contribution >= 0.6 is 15.9 Å². The molecule has 0 radical (unpaired) electrons. The zero-order valence-electron chi connectivity index (χ0n) is 14.0. The summed E-state index contributed by atoms with van der Waals surface area (Å²) in [6, 6.07) is 32.3. The summed E-state index contributed by atoms with van der Waals surface area (Å²) < 4.78 is 1.20. The van der Waals surface area contributed by atoms with E-state index in [2.05, 4.69) is 107 Å². The fourth-order valence-electron chi connectivity index (χ4n) is 3.43. The number of benzene rings is 4. The maximum Gasteiger partial charge on any atom is 0.0219 e. The fraction of sp³-hybridized carbons (Fsp3) is 0.0833. The standard InChI is InChI=1S/C24H19Br/c25-24-17-23(19-11-5-2-6-12-19)21-14-8-7-13-20(21)22(24)16-15-18-9-3-1-4-10-18/h1-14,17H,15-16H2. The van der Waals surface area contributed by atoms with Gasteiger partial charge in [-0.25, -0.2) is 0 Å². The van der Waals surface area contributed by atoms with Crippen molar-refractivity contribution in [2.24, 2.45) is 0 Å². The maximum absolute atomic E-state index is 3.84. The Bertz CT molecular complexity index is 988. The highest BCUT2D eigenvalue weighted by Crippen LogP contribution is 2.36. The highest BCUT2D eigenvalue weighted by atomic mass is 79.9. The van der Waals surface area contributed by atoms with E-state index in [1.54, 1.807) is 0 Å². The first-order chi connectivity index (χ1) is 12.3. The van der Waals surface area contributed by atoms with Crippen LogP contribution in [0.4, 0.5) is 0 Å². The minimum absolute atomic E-state index is 1.03. The molecule has 0 aliphatic carbocycles. The molecule has 0 amide bonds. The molecular formula is C24H19Br. The summed E-state index contributed by atoms with van der Waals surface area (Å²) in [6.07, 6.45) is 2.08. The van der Waals surface area contributed by atoms with Gasteiger partial charge in [0.1, 0.15) is 0 Å². The van der Waals surface area contributed by atoms with Crippen molar-refractivity contribution in [3.63, 3.8) is 0 Å². The van der Waals surface area contributed by atoms with E-state index in [-0.39, 0.29) is 0 Å². The molecule has 4 aromatic rings. The van der Waals surface area contributed by atoms with Gasteiger partial charge in [-0.2, -0.15) is 0 Å². The average Bonchev–Trinajstić information content (AvgIpc) is 2.68. The third kappa shape index (κ3) is 3.38. The first-order valence-electron chi connectivity index (χ1n) is 8.62. The lowest BCUT2D eigenvalue weighted by Gasteiger charge is -2.14. The summed E-state index contributed by atoms with van der Waals surface area (Å²) in [4.78, 5) is 0.